The zero-order chi connectivity index (χ0) is 20.5. The molecule has 3 N–H and O–H groups in total. The number of carboxylic acid groups (broad SMARTS) is 1. The van der Waals surface area contributed by atoms with Crippen LogP contribution >= 0.6 is 0 Å². The van der Waals surface area contributed by atoms with Crippen LogP contribution < -0.4 is 10.9 Å². The highest BCUT2D eigenvalue weighted by atomic mass is 16.4. The molecule has 0 aromatic carbocycles. The summed E-state index contributed by atoms with van der Waals surface area (Å²) in [5, 5.41) is 12.1. The van der Waals surface area contributed by atoms with Gasteiger partial charge in [-0.3, -0.25) is 19.4 Å². The molecule has 0 saturated carbocycles. The van der Waals surface area contributed by atoms with Crippen LogP contribution in [0.5, 0.6) is 0 Å². The van der Waals surface area contributed by atoms with Crippen molar-refractivity contribution >= 4 is 29.0 Å². The van der Waals surface area contributed by atoms with E-state index in [1.807, 2.05) is 6.92 Å². The molecule has 0 spiro atoms. The molecule has 156 valence electrons. The van der Waals surface area contributed by atoms with Gasteiger partial charge < -0.3 is 19.9 Å². The molecule has 1 amide bonds. The Balaban J connectivity index is 0.00000420. The van der Waals surface area contributed by atoms with E-state index in [1.54, 1.807) is 0 Å². The third kappa shape index (κ3) is 5.80. The van der Waals surface area contributed by atoms with Gasteiger partial charge in [0.1, 0.15) is 13.1 Å². The average Bonchev–Trinajstić information content (AvgIpc) is 3.04. The Bertz CT molecular complexity index is 866. The van der Waals surface area contributed by atoms with Crippen molar-refractivity contribution < 1.29 is 16.1 Å². The molecule has 0 unspecified atom stereocenters. The quantitative estimate of drug-likeness (QED) is 0.466. The topological polar surface area (TPSA) is 133 Å². The number of hydrogen-bond acceptors (Lipinski definition) is 6. The Morgan fingerprint density at radius 3 is 2.75 bits per heavy atom. The molecule has 0 atom stereocenters. The molecule has 10 nitrogen and oxygen atoms in total. The molecule has 2 aromatic rings. The first-order valence-electron chi connectivity index (χ1n) is 9.64. The molecule has 10 heteroatoms. The van der Waals surface area contributed by atoms with E-state index in [9.17, 15) is 14.4 Å². The van der Waals surface area contributed by atoms with Gasteiger partial charge in [-0.05, 0) is 12.8 Å². The molecule has 28 heavy (non-hydrogen) atoms. The fourth-order valence-electron chi connectivity index (χ4n) is 2.88. The number of amides is 1. The van der Waals surface area contributed by atoms with Crippen LogP contribution in [-0.4, -0.2) is 61.0 Å². The number of imidazole rings is 1. The minimum absolute atomic E-state index is 0. The maximum absolute atomic E-state index is 12.5. The van der Waals surface area contributed by atoms with E-state index >= 15 is 0 Å². The second-order valence-electron chi connectivity index (χ2n) is 6.66. The predicted octanol–water partition coefficient (Wildman–Crippen LogP) is 1.68. The Hall–Kier alpha value is -2.91. The summed E-state index contributed by atoms with van der Waals surface area (Å²) in [6, 6.07) is 0. The van der Waals surface area contributed by atoms with Crippen molar-refractivity contribution in [1.29, 1.82) is 0 Å². The van der Waals surface area contributed by atoms with Gasteiger partial charge in [-0.2, -0.15) is 4.98 Å². The van der Waals surface area contributed by atoms with Gasteiger partial charge in [0.2, 0.25) is 11.9 Å². The number of aliphatic carboxylic acids is 1. The Morgan fingerprint density at radius 1 is 1.29 bits per heavy atom. The van der Waals surface area contributed by atoms with Crippen LogP contribution in [-0.2, 0) is 16.1 Å². The van der Waals surface area contributed by atoms with E-state index in [-0.39, 0.29) is 31.5 Å². The fraction of sp³-hybridized carbons (Fsp3) is 0.611. The number of carbonyl (C=O) groups is 2. The van der Waals surface area contributed by atoms with Crippen LogP contribution in [0.3, 0.4) is 0 Å². The largest absolute Gasteiger partial charge is 0.480 e. The van der Waals surface area contributed by atoms with Crippen LogP contribution in [0.15, 0.2) is 11.1 Å². The molecule has 0 radical (unpaired) electrons. The minimum atomic E-state index is -1.07. The third-order valence-corrected chi connectivity index (χ3v) is 4.28. The van der Waals surface area contributed by atoms with Crippen molar-refractivity contribution in [2.24, 2.45) is 0 Å². The number of nitrogens with zero attached hydrogens (tertiary/aromatic N) is 4. The smallest absolute Gasteiger partial charge is 0.323 e. The monoisotopic (exact) mass is 394 g/mol. The highest BCUT2D eigenvalue weighted by molar-refractivity contribution is 5.82. The Labute approximate surface area is 164 Å². The number of carbonyl (C=O) groups excluding carboxylic acids is 1. The van der Waals surface area contributed by atoms with Crippen LogP contribution in [0.25, 0.3) is 11.2 Å². The number of aromatic amines is 1. The number of rotatable bonds is 12. The van der Waals surface area contributed by atoms with Gasteiger partial charge in [0.15, 0.2) is 11.2 Å². The van der Waals surface area contributed by atoms with E-state index in [2.05, 4.69) is 27.2 Å². The van der Waals surface area contributed by atoms with Crippen LogP contribution in [0.2, 0.25) is 0 Å². The maximum atomic E-state index is 12.5. The molecule has 0 saturated heterocycles. The highest BCUT2D eigenvalue weighted by Gasteiger charge is 2.18. The molecular formula is C18H30N6O4. The number of carboxylic acids is 1. The number of H-pyrrole nitrogens is 1. The Morgan fingerprint density at radius 2 is 2.07 bits per heavy atom. The maximum Gasteiger partial charge on any atom is 0.323 e. The second-order valence-corrected chi connectivity index (χ2v) is 6.66. The van der Waals surface area contributed by atoms with E-state index in [0.717, 1.165) is 25.7 Å². The number of unbranched alkanes of at least 4 members (excludes halogenated alkanes) is 3. The van der Waals surface area contributed by atoms with Crippen LogP contribution in [0.1, 0.15) is 47.4 Å². The van der Waals surface area contributed by atoms with E-state index in [0.29, 0.717) is 31.1 Å². The fourth-order valence-corrected chi connectivity index (χ4v) is 2.88. The lowest BCUT2D eigenvalue weighted by Crippen LogP contribution is -2.38. The van der Waals surface area contributed by atoms with Crippen LogP contribution in [0.4, 0.5) is 5.95 Å². The van der Waals surface area contributed by atoms with Crippen molar-refractivity contribution in [2.45, 2.75) is 52.5 Å². The Kier molecular flexibility index (Phi) is 7.97. The third-order valence-electron chi connectivity index (χ3n) is 4.28. The summed E-state index contributed by atoms with van der Waals surface area (Å²) in [5.41, 5.74) is 0.0488. The number of aromatic nitrogens is 4. The molecule has 0 aliphatic heterocycles. The summed E-state index contributed by atoms with van der Waals surface area (Å²) in [6.45, 7) is 4.55. The normalized spacial score (nSPS) is 10.9. The number of hydrogen-bond donors (Lipinski definition) is 3. The lowest BCUT2D eigenvalue weighted by atomic mass is 10.2. The van der Waals surface area contributed by atoms with Gasteiger partial charge in [-0.1, -0.05) is 33.1 Å². The minimum Gasteiger partial charge on any atom is -0.480 e. The molecule has 2 rings (SSSR count). The van der Waals surface area contributed by atoms with Crippen molar-refractivity contribution in [3.8, 4) is 0 Å². The molecule has 2 aromatic heterocycles. The summed E-state index contributed by atoms with van der Waals surface area (Å²) in [7, 11) is 0. The molecule has 0 aliphatic rings. The van der Waals surface area contributed by atoms with Gasteiger partial charge in [0.05, 0.1) is 6.33 Å². The van der Waals surface area contributed by atoms with E-state index in [1.165, 1.54) is 15.8 Å². The summed E-state index contributed by atoms with van der Waals surface area (Å²) < 4.78 is 1.47. The number of nitrogens with one attached hydrogen (secondary N) is 2. The zero-order valence-electron chi connectivity index (χ0n) is 16.4. The SMILES string of the molecule is CCCCCCNc1nc2c(ncn2CC(=O)N(CCC)CC(=O)O)c(=O)[nH]1.[HH]. The first-order valence-corrected chi connectivity index (χ1v) is 9.64. The lowest BCUT2D eigenvalue weighted by molar-refractivity contribution is -0.144. The number of anilines is 1. The van der Waals surface area contributed by atoms with Crippen molar-refractivity contribution in [3.05, 3.63) is 16.7 Å². The van der Waals surface area contributed by atoms with E-state index in [4.69, 9.17) is 5.11 Å². The molecule has 0 fully saturated rings. The summed E-state index contributed by atoms with van der Waals surface area (Å²) in [6.07, 6.45) is 6.39. The highest BCUT2D eigenvalue weighted by Crippen LogP contribution is 2.09. The molecule has 0 aliphatic carbocycles. The second kappa shape index (κ2) is 10.4. The van der Waals surface area contributed by atoms with Crippen molar-refractivity contribution in [1.82, 2.24) is 24.4 Å². The number of fused-ring (bicyclic) bond motifs is 1. The van der Waals surface area contributed by atoms with Gasteiger partial charge in [0.25, 0.3) is 5.56 Å². The van der Waals surface area contributed by atoms with Gasteiger partial charge in [-0.25, -0.2) is 4.98 Å². The van der Waals surface area contributed by atoms with Gasteiger partial charge >= 0.3 is 5.97 Å². The van der Waals surface area contributed by atoms with E-state index < -0.39 is 5.97 Å². The molecule has 2 heterocycles. The zero-order valence-corrected chi connectivity index (χ0v) is 16.4. The first kappa shape index (κ1) is 21.4. The van der Waals surface area contributed by atoms with Crippen molar-refractivity contribution in [2.75, 3.05) is 25.0 Å². The standard InChI is InChI=1S/C18H28N6O4.H2/c1-3-5-6-7-8-19-18-21-16-15(17(28)22-18)20-12-24(16)10-13(25)23(9-4-2)11-14(26)27;/h12H,3-11H2,1-2H3,(H,26,27)(H2,19,21,22,28);1H. The molecule has 0 bridgehead atoms. The van der Waals surface area contributed by atoms with Gasteiger partial charge in [-0.15, -0.1) is 0 Å². The van der Waals surface area contributed by atoms with Gasteiger partial charge in [0, 0.05) is 14.5 Å². The lowest BCUT2D eigenvalue weighted by Gasteiger charge is -2.20. The predicted molar refractivity (Wildman–Crippen MR) is 107 cm³/mol. The average molecular weight is 394 g/mol. The summed E-state index contributed by atoms with van der Waals surface area (Å²) >= 11 is 0. The molecular weight excluding hydrogens is 364 g/mol. The first-order chi connectivity index (χ1) is 13.5. The summed E-state index contributed by atoms with van der Waals surface area (Å²) in [4.78, 5) is 48.1. The van der Waals surface area contributed by atoms with Crippen LogP contribution in [0, 0.1) is 0 Å². The summed E-state index contributed by atoms with van der Waals surface area (Å²) in [5.74, 6) is -1.10. The van der Waals surface area contributed by atoms with Crippen molar-refractivity contribution in [3.63, 3.8) is 0 Å².